The monoisotopic (exact) mass is 279 g/mol. The van der Waals surface area contributed by atoms with Gasteiger partial charge in [-0.25, -0.2) is 5.84 Å². The Kier molecular flexibility index (Phi) is 5.45. The van der Waals surface area contributed by atoms with Crippen LogP contribution in [0.25, 0.3) is 0 Å². The van der Waals surface area contributed by atoms with Gasteiger partial charge in [0.2, 0.25) is 0 Å². The van der Waals surface area contributed by atoms with Gasteiger partial charge in [-0.3, -0.25) is 4.79 Å². The predicted molar refractivity (Wildman–Crippen MR) is 59.0 cm³/mol. The zero-order chi connectivity index (χ0) is 14.3. The number of nitrogens with two attached hydrogens (primary N) is 1. The molecule has 0 aliphatic heterocycles. The van der Waals surface area contributed by atoms with Crippen molar-refractivity contribution < 1.29 is 22.7 Å². The summed E-state index contributed by atoms with van der Waals surface area (Å²) < 4.78 is 39.5. The highest BCUT2D eigenvalue weighted by Gasteiger charge is 2.27. The molecule has 1 amide bonds. The van der Waals surface area contributed by atoms with E-state index >= 15 is 0 Å². The molecule has 0 radical (unpaired) electrons. The first-order valence-electron chi connectivity index (χ1n) is 5.15. The third-order valence-corrected chi connectivity index (χ3v) is 1.84. The second kappa shape index (κ2) is 6.85. The van der Waals surface area contributed by atoms with Crippen molar-refractivity contribution in [1.29, 1.82) is 0 Å². The van der Waals surface area contributed by atoms with Gasteiger partial charge in [-0.05, 0) is 12.1 Å². The fraction of sp³-hybridized carbons (Fsp3) is 0.444. The van der Waals surface area contributed by atoms with Gasteiger partial charge in [0, 0.05) is 6.54 Å². The average molecular weight is 279 g/mol. The van der Waals surface area contributed by atoms with Crippen molar-refractivity contribution in [2.75, 3.05) is 25.2 Å². The first-order chi connectivity index (χ1) is 8.92. The normalized spacial score (nSPS) is 11.2. The largest absolute Gasteiger partial charge is 0.411 e. The maximum absolute atomic E-state index is 11.7. The first kappa shape index (κ1) is 15.1. The molecule has 0 bridgehead atoms. The van der Waals surface area contributed by atoms with E-state index in [0.29, 0.717) is 0 Å². The smallest absolute Gasteiger partial charge is 0.370 e. The standard InChI is InChI=1S/C9H12F3N5O2/c10-9(11,12)5-19-4-3-14-8(18)6-1-2-7(15-13)17-16-6/h1-2H,3-5,13H2,(H,14,18)(H,15,17). The summed E-state index contributed by atoms with van der Waals surface area (Å²) in [5.41, 5.74) is 2.26. The fourth-order valence-electron chi connectivity index (χ4n) is 1.05. The van der Waals surface area contributed by atoms with Crippen molar-refractivity contribution in [3.05, 3.63) is 17.8 Å². The molecule has 1 rings (SSSR count). The number of amides is 1. The molecule has 0 aromatic carbocycles. The number of hydrogen-bond donors (Lipinski definition) is 3. The van der Waals surface area contributed by atoms with Crippen LogP contribution >= 0.6 is 0 Å². The van der Waals surface area contributed by atoms with Crippen LogP contribution in [0.1, 0.15) is 10.5 Å². The van der Waals surface area contributed by atoms with Crippen molar-refractivity contribution in [2.45, 2.75) is 6.18 Å². The van der Waals surface area contributed by atoms with Crippen molar-refractivity contribution in [3.8, 4) is 0 Å². The number of aromatic nitrogens is 2. The van der Waals surface area contributed by atoms with Crippen molar-refractivity contribution in [1.82, 2.24) is 15.5 Å². The molecule has 7 nitrogen and oxygen atoms in total. The lowest BCUT2D eigenvalue weighted by Gasteiger charge is -2.08. The molecule has 19 heavy (non-hydrogen) atoms. The Morgan fingerprint density at radius 2 is 2.11 bits per heavy atom. The predicted octanol–water partition coefficient (Wildman–Crippen LogP) is 0.0709. The topological polar surface area (TPSA) is 102 Å². The van der Waals surface area contributed by atoms with Crippen LogP contribution in [0.5, 0.6) is 0 Å². The first-order valence-corrected chi connectivity index (χ1v) is 5.15. The van der Waals surface area contributed by atoms with E-state index in [4.69, 9.17) is 5.84 Å². The van der Waals surface area contributed by atoms with Gasteiger partial charge in [-0.15, -0.1) is 10.2 Å². The molecule has 0 atom stereocenters. The van der Waals surface area contributed by atoms with Gasteiger partial charge in [0.1, 0.15) is 6.61 Å². The number of nitrogen functional groups attached to an aromatic ring is 1. The molecular weight excluding hydrogens is 267 g/mol. The Labute approximate surface area is 106 Å². The molecule has 0 saturated heterocycles. The summed E-state index contributed by atoms with van der Waals surface area (Å²) in [6.45, 7) is -1.66. The highest BCUT2D eigenvalue weighted by atomic mass is 19.4. The number of nitrogens with zero attached hydrogens (tertiary/aromatic N) is 2. The van der Waals surface area contributed by atoms with E-state index in [1.807, 2.05) is 0 Å². The minimum absolute atomic E-state index is 0.0230. The Hall–Kier alpha value is -1.94. The molecule has 10 heteroatoms. The minimum Gasteiger partial charge on any atom is -0.370 e. The Bertz CT molecular complexity index is 409. The number of rotatable bonds is 6. The fourth-order valence-corrected chi connectivity index (χ4v) is 1.05. The Morgan fingerprint density at radius 1 is 1.37 bits per heavy atom. The maximum Gasteiger partial charge on any atom is 0.411 e. The van der Waals surface area contributed by atoms with E-state index in [1.165, 1.54) is 12.1 Å². The highest BCUT2D eigenvalue weighted by molar-refractivity contribution is 5.92. The summed E-state index contributed by atoms with van der Waals surface area (Å²) in [6, 6.07) is 2.80. The van der Waals surface area contributed by atoms with E-state index in [2.05, 4.69) is 25.7 Å². The summed E-state index contributed by atoms with van der Waals surface area (Å²) in [6.07, 6.45) is -4.37. The van der Waals surface area contributed by atoms with Crippen LogP contribution in [-0.2, 0) is 4.74 Å². The molecule has 0 aliphatic rings. The molecule has 1 aromatic heterocycles. The third kappa shape index (κ3) is 5.97. The molecule has 0 spiro atoms. The molecule has 0 fully saturated rings. The number of carbonyl (C=O) groups excluding carboxylic acids is 1. The third-order valence-electron chi connectivity index (χ3n) is 1.84. The molecule has 0 unspecified atom stereocenters. The highest BCUT2D eigenvalue weighted by Crippen LogP contribution is 2.13. The maximum atomic E-state index is 11.7. The zero-order valence-electron chi connectivity index (χ0n) is 9.70. The second-order valence-electron chi connectivity index (χ2n) is 3.37. The summed E-state index contributed by atoms with van der Waals surface area (Å²) >= 11 is 0. The van der Waals surface area contributed by atoms with E-state index < -0.39 is 18.7 Å². The quantitative estimate of drug-likeness (QED) is 0.387. The van der Waals surface area contributed by atoms with Crippen LogP contribution in [0.4, 0.5) is 19.0 Å². The van der Waals surface area contributed by atoms with Crippen LogP contribution in [0.2, 0.25) is 0 Å². The van der Waals surface area contributed by atoms with Crippen molar-refractivity contribution >= 4 is 11.7 Å². The molecular formula is C9H12F3N5O2. The van der Waals surface area contributed by atoms with Crippen molar-refractivity contribution in [2.24, 2.45) is 5.84 Å². The summed E-state index contributed by atoms with van der Waals surface area (Å²) in [7, 11) is 0. The number of anilines is 1. The van der Waals surface area contributed by atoms with Gasteiger partial charge in [-0.1, -0.05) is 0 Å². The summed E-state index contributed by atoms with van der Waals surface area (Å²) in [5, 5.41) is 9.47. The van der Waals surface area contributed by atoms with Gasteiger partial charge in [-0.2, -0.15) is 13.2 Å². The van der Waals surface area contributed by atoms with Gasteiger partial charge in [0.05, 0.1) is 6.61 Å². The van der Waals surface area contributed by atoms with Gasteiger partial charge in [0.25, 0.3) is 5.91 Å². The van der Waals surface area contributed by atoms with E-state index in [1.54, 1.807) is 0 Å². The average Bonchev–Trinajstić information content (AvgIpc) is 2.37. The SMILES string of the molecule is NNc1ccc(C(=O)NCCOCC(F)(F)F)nn1. The molecule has 1 heterocycles. The zero-order valence-corrected chi connectivity index (χ0v) is 9.70. The second-order valence-corrected chi connectivity index (χ2v) is 3.37. The Morgan fingerprint density at radius 3 is 2.63 bits per heavy atom. The van der Waals surface area contributed by atoms with Gasteiger partial charge < -0.3 is 15.5 Å². The van der Waals surface area contributed by atoms with Crippen molar-refractivity contribution in [3.63, 3.8) is 0 Å². The lowest BCUT2D eigenvalue weighted by Crippen LogP contribution is -2.29. The molecule has 106 valence electrons. The molecule has 4 N–H and O–H groups in total. The number of hydrazine groups is 1. The number of hydrogen-bond acceptors (Lipinski definition) is 6. The molecule has 1 aromatic rings. The van der Waals surface area contributed by atoms with Gasteiger partial charge in [0.15, 0.2) is 11.5 Å². The number of ether oxygens (including phenoxy) is 1. The number of halogens is 3. The number of carbonyl (C=O) groups is 1. The van der Waals surface area contributed by atoms with Crippen LogP contribution < -0.4 is 16.6 Å². The summed E-state index contributed by atoms with van der Waals surface area (Å²) in [5.74, 6) is 4.78. The summed E-state index contributed by atoms with van der Waals surface area (Å²) in [4.78, 5) is 11.5. The van der Waals surface area contributed by atoms with Gasteiger partial charge >= 0.3 is 6.18 Å². The minimum atomic E-state index is -4.37. The lowest BCUT2D eigenvalue weighted by atomic mass is 10.3. The molecule has 0 saturated carbocycles. The van der Waals surface area contributed by atoms with E-state index in [9.17, 15) is 18.0 Å². The van der Waals surface area contributed by atoms with Crippen LogP contribution in [0.15, 0.2) is 12.1 Å². The van der Waals surface area contributed by atoms with E-state index in [0.717, 1.165) is 0 Å². The lowest BCUT2D eigenvalue weighted by molar-refractivity contribution is -0.173. The van der Waals surface area contributed by atoms with Crippen LogP contribution in [0, 0.1) is 0 Å². The number of nitrogens with one attached hydrogen (secondary N) is 2. The molecule has 0 aliphatic carbocycles. The van der Waals surface area contributed by atoms with Crippen LogP contribution in [0.3, 0.4) is 0 Å². The van der Waals surface area contributed by atoms with E-state index in [-0.39, 0.29) is 24.7 Å². The number of alkyl halides is 3. The van der Waals surface area contributed by atoms with Crippen LogP contribution in [-0.4, -0.2) is 42.0 Å². The Balaban J connectivity index is 2.27.